The Balaban J connectivity index is 0.00000336. The molecule has 2 aromatic carbocycles. The molecule has 296 valence electrons. The van der Waals surface area contributed by atoms with Gasteiger partial charge in [-0.3, -0.25) is 19.0 Å². The third-order valence-corrected chi connectivity index (χ3v) is 11.6. The van der Waals surface area contributed by atoms with Crippen molar-refractivity contribution in [1.82, 2.24) is 20.5 Å². The number of phenols is 1. The zero-order chi connectivity index (χ0) is 37.4. The molecule has 3 heterocycles. The second-order valence-corrected chi connectivity index (χ2v) is 15.1. The molecule has 1 amide bonds. The van der Waals surface area contributed by atoms with Crippen molar-refractivity contribution in [2.45, 2.75) is 56.1 Å². The first-order chi connectivity index (χ1) is 25.6. The molecule has 1 fully saturated rings. The summed E-state index contributed by atoms with van der Waals surface area (Å²) in [7, 11) is 2.03. The highest BCUT2D eigenvalue weighted by atomic mass is 32.1. The molecule has 6 rings (SSSR count). The molecule has 1 aliphatic carbocycles. The predicted octanol–water partition coefficient (Wildman–Crippen LogP) is 4.70. The number of ether oxygens (including phenoxy) is 2. The number of pyridine rings is 1. The average Bonchev–Trinajstić information content (AvgIpc) is 3.91. The number of hydrogen-bond donors (Lipinski definition) is 6. The quantitative estimate of drug-likeness (QED) is 0.0769. The lowest BCUT2D eigenvalue weighted by atomic mass is 9.91. The second-order valence-electron chi connectivity index (χ2n) is 13.2. The summed E-state index contributed by atoms with van der Waals surface area (Å²) in [4.78, 5) is 43.4. The zero-order valence-electron chi connectivity index (χ0n) is 30.1. The normalized spacial score (nSPS) is 16.1. The first-order valence-electron chi connectivity index (χ1n) is 17.6. The van der Waals surface area contributed by atoms with Crippen LogP contribution in [0.3, 0.4) is 0 Å². The van der Waals surface area contributed by atoms with E-state index in [0.29, 0.717) is 65.0 Å². The van der Waals surface area contributed by atoms with Crippen molar-refractivity contribution in [3.8, 4) is 11.5 Å². The van der Waals surface area contributed by atoms with Crippen LogP contribution in [0.25, 0.3) is 10.9 Å². The third-order valence-electron chi connectivity index (χ3n) is 9.60. The number of nitrogens with one attached hydrogen (secondary N) is 3. The van der Waals surface area contributed by atoms with Crippen LogP contribution in [0.1, 0.15) is 52.7 Å². The Kier molecular flexibility index (Phi) is 15.4. The third kappa shape index (κ3) is 10.5. The van der Waals surface area contributed by atoms with Crippen LogP contribution in [0, 0.1) is 0 Å². The molecule has 1 aliphatic rings. The summed E-state index contributed by atoms with van der Waals surface area (Å²) in [6.45, 7) is 1.76. The van der Waals surface area contributed by atoms with E-state index in [0.717, 1.165) is 18.4 Å². The maximum absolute atomic E-state index is 13.3. The molecule has 16 heteroatoms. The fourth-order valence-electron chi connectivity index (χ4n) is 6.60. The standard InChI is InChI=1S/C39H44N4O8S2.2FH/c1-43(26-8-12-28(13-9-26)51-38(48)39(49,33-4-2-20-52-33)34-5-3-21-53-34)19-18-41-36(47)24-50-27-10-6-25(7-11-27)22-40-23-32(45)29-14-16-31(44)37-30(29)15-17-35(46)42-37;;/h2-7,10-11,14-17,20-21,26,28,32,40,44-45,49H,8-9,12-13,18-19,22-24H2,1H3,(H,41,47)(H,42,46);2*1H/t26?,28?,32-;;/m0../s1. The van der Waals surface area contributed by atoms with Crippen molar-refractivity contribution in [3.05, 3.63) is 115 Å². The Morgan fingerprint density at radius 3 is 2.27 bits per heavy atom. The molecule has 0 unspecified atom stereocenters. The molecule has 12 nitrogen and oxygen atoms in total. The van der Waals surface area contributed by atoms with Gasteiger partial charge in [-0.2, -0.15) is 0 Å². The minimum absolute atomic E-state index is 0. The summed E-state index contributed by atoms with van der Waals surface area (Å²) in [5.41, 5.74) is -0.295. The van der Waals surface area contributed by atoms with Gasteiger partial charge < -0.3 is 45.3 Å². The van der Waals surface area contributed by atoms with Crippen LogP contribution in [0.2, 0.25) is 0 Å². The first-order valence-corrected chi connectivity index (χ1v) is 19.3. The summed E-state index contributed by atoms with van der Waals surface area (Å²) in [5.74, 6) is -0.346. The number of aliphatic hydroxyl groups is 2. The number of benzene rings is 2. The highest BCUT2D eigenvalue weighted by molar-refractivity contribution is 7.12. The number of carbonyl (C=O) groups excluding carboxylic acids is 2. The number of aromatic amines is 1. The average molecular weight is 801 g/mol. The van der Waals surface area contributed by atoms with Crippen LogP contribution >= 0.6 is 22.7 Å². The molecule has 1 atom stereocenters. The zero-order valence-corrected chi connectivity index (χ0v) is 31.8. The summed E-state index contributed by atoms with van der Waals surface area (Å²) in [6.07, 6.45) is 1.95. The van der Waals surface area contributed by atoms with E-state index >= 15 is 0 Å². The van der Waals surface area contributed by atoms with Gasteiger partial charge >= 0.3 is 5.97 Å². The maximum atomic E-state index is 13.3. The van der Waals surface area contributed by atoms with E-state index in [4.69, 9.17) is 9.47 Å². The number of nitrogens with zero attached hydrogens (tertiary/aromatic N) is 1. The van der Waals surface area contributed by atoms with Gasteiger partial charge in [0.15, 0.2) is 6.61 Å². The van der Waals surface area contributed by atoms with E-state index in [1.807, 2.05) is 42.1 Å². The monoisotopic (exact) mass is 800 g/mol. The number of thiophene rings is 2. The van der Waals surface area contributed by atoms with Crippen molar-refractivity contribution in [2.75, 3.05) is 33.3 Å². The number of fused-ring (bicyclic) bond motifs is 1. The van der Waals surface area contributed by atoms with Gasteiger partial charge in [0, 0.05) is 43.7 Å². The summed E-state index contributed by atoms with van der Waals surface area (Å²) < 4.78 is 11.6. The number of carbonyl (C=O) groups is 2. The number of aromatic hydroxyl groups is 1. The lowest BCUT2D eigenvalue weighted by molar-refractivity contribution is -0.169. The Morgan fingerprint density at radius 2 is 1.64 bits per heavy atom. The van der Waals surface area contributed by atoms with Gasteiger partial charge in [0.2, 0.25) is 11.2 Å². The molecule has 6 N–H and O–H groups in total. The molecule has 1 saturated carbocycles. The van der Waals surface area contributed by atoms with Crippen molar-refractivity contribution < 1.29 is 43.8 Å². The molecule has 0 aliphatic heterocycles. The molecular weight excluding hydrogens is 755 g/mol. The fraction of sp³-hybridized carbons (Fsp3) is 0.359. The molecule has 55 heavy (non-hydrogen) atoms. The minimum Gasteiger partial charge on any atom is -0.506 e. The van der Waals surface area contributed by atoms with Gasteiger partial charge in [-0.1, -0.05) is 30.3 Å². The van der Waals surface area contributed by atoms with Gasteiger partial charge in [0.25, 0.3) is 5.91 Å². The predicted molar refractivity (Wildman–Crippen MR) is 209 cm³/mol. The number of hydrogen-bond acceptors (Lipinski definition) is 12. The minimum atomic E-state index is -1.80. The fourth-order valence-corrected chi connectivity index (χ4v) is 8.32. The lowest BCUT2D eigenvalue weighted by Gasteiger charge is -2.35. The summed E-state index contributed by atoms with van der Waals surface area (Å²) >= 11 is 2.66. The first kappa shape index (κ1) is 43.0. The molecule has 3 aromatic heterocycles. The smallest absolute Gasteiger partial charge is 0.349 e. The van der Waals surface area contributed by atoms with Crippen LogP contribution in [-0.2, 0) is 26.5 Å². The highest BCUT2D eigenvalue weighted by Gasteiger charge is 2.45. The van der Waals surface area contributed by atoms with Gasteiger partial charge in [-0.25, -0.2) is 4.79 Å². The van der Waals surface area contributed by atoms with E-state index in [1.165, 1.54) is 34.8 Å². The van der Waals surface area contributed by atoms with Gasteiger partial charge in [0.1, 0.15) is 17.6 Å². The molecular formula is C39H46F2N4O8S2. The van der Waals surface area contributed by atoms with Crippen LogP contribution in [0.5, 0.6) is 11.5 Å². The molecule has 0 spiro atoms. The van der Waals surface area contributed by atoms with E-state index in [9.17, 15) is 29.7 Å². The molecule has 0 bridgehead atoms. The summed E-state index contributed by atoms with van der Waals surface area (Å²) in [5, 5.41) is 42.7. The Bertz CT molecular complexity index is 1990. The van der Waals surface area contributed by atoms with Crippen LogP contribution in [-0.4, -0.2) is 82.5 Å². The largest absolute Gasteiger partial charge is 0.506 e. The molecule has 0 saturated heterocycles. The Hall–Kier alpha value is -4.71. The van der Waals surface area contributed by atoms with Crippen molar-refractivity contribution in [3.63, 3.8) is 0 Å². The Labute approximate surface area is 324 Å². The van der Waals surface area contributed by atoms with Crippen molar-refractivity contribution >= 4 is 45.5 Å². The van der Waals surface area contributed by atoms with Crippen LogP contribution in [0.4, 0.5) is 9.41 Å². The number of aliphatic hydroxyl groups excluding tert-OH is 1. The number of H-pyrrole nitrogens is 1. The van der Waals surface area contributed by atoms with Crippen LogP contribution in [0.15, 0.2) is 88.4 Å². The number of esters is 1. The topological polar surface area (TPSA) is 173 Å². The van der Waals surface area contributed by atoms with E-state index in [-0.39, 0.29) is 51.4 Å². The van der Waals surface area contributed by atoms with Crippen LogP contribution < -0.4 is 20.9 Å². The number of phenolic OH excluding ortho intramolecular Hbond substituents is 1. The lowest BCUT2D eigenvalue weighted by Crippen LogP contribution is -2.43. The SMILES string of the molecule is CN(CCNC(=O)COc1ccc(CNC[C@H](O)c2ccc(O)c3[nH]c(=O)ccc23)cc1)C1CCC(OC(=O)C(O)(c2cccs2)c2cccs2)CC1.F.F. The molecule has 5 aromatic rings. The Morgan fingerprint density at radius 1 is 0.964 bits per heavy atom. The second kappa shape index (κ2) is 19.7. The van der Waals surface area contributed by atoms with Crippen molar-refractivity contribution in [2.24, 2.45) is 0 Å². The number of halogens is 2. The van der Waals surface area contributed by atoms with E-state index in [2.05, 4.69) is 20.5 Å². The number of likely N-dealkylation sites (N-methyl/N-ethyl adjacent to an activating group) is 1. The van der Waals surface area contributed by atoms with Gasteiger partial charge in [-0.05, 0) is 91.0 Å². The number of rotatable bonds is 16. The highest BCUT2D eigenvalue weighted by Crippen LogP contribution is 2.38. The van der Waals surface area contributed by atoms with Gasteiger partial charge in [0.05, 0.1) is 21.4 Å². The van der Waals surface area contributed by atoms with E-state index < -0.39 is 17.7 Å². The van der Waals surface area contributed by atoms with Crippen molar-refractivity contribution in [1.29, 1.82) is 0 Å². The number of aromatic nitrogens is 1. The summed E-state index contributed by atoms with van der Waals surface area (Å²) in [6, 6.07) is 20.8. The number of amides is 1. The maximum Gasteiger partial charge on any atom is 0.349 e. The van der Waals surface area contributed by atoms with Gasteiger partial charge in [-0.15, -0.1) is 22.7 Å². The molecule has 0 radical (unpaired) electrons. The van der Waals surface area contributed by atoms with E-state index in [1.54, 1.807) is 36.4 Å².